The molecule has 2 rings (SSSR count). The van der Waals surface area contributed by atoms with Gasteiger partial charge in [0.15, 0.2) is 0 Å². The molecule has 90 valence electrons. The van der Waals surface area contributed by atoms with Gasteiger partial charge in [0.05, 0.1) is 23.9 Å². The van der Waals surface area contributed by atoms with E-state index >= 15 is 0 Å². The number of hydrogen-bond donors (Lipinski definition) is 2. The zero-order chi connectivity index (χ0) is 12.3. The molecular formula is C13H16N2O2. The molecular weight excluding hydrogens is 216 g/mol. The van der Waals surface area contributed by atoms with E-state index in [2.05, 4.69) is 4.98 Å². The lowest BCUT2D eigenvalue weighted by molar-refractivity contribution is 0.156. The molecule has 0 bridgehead atoms. The van der Waals surface area contributed by atoms with Gasteiger partial charge in [-0.25, -0.2) is 0 Å². The number of aliphatic hydroxyl groups excluding tert-OH is 1. The van der Waals surface area contributed by atoms with E-state index in [0.29, 0.717) is 24.5 Å². The van der Waals surface area contributed by atoms with E-state index in [1.165, 1.54) is 0 Å². The molecule has 1 aromatic heterocycles. The minimum Gasteiger partial charge on any atom is -0.491 e. The highest BCUT2D eigenvalue weighted by Gasteiger charge is 2.04. The van der Waals surface area contributed by atoms with Gasteiger partial charge in [0.25, 0.3) is 0 Å². The maximum absolute atomic E-state index is 9.15. The molecule has 0 aliphatic rings. The first-order chi connectivity index (χ1) is 8.16. The molecule has 1 aromatic carbocycles. The third-order valence-electron chi connectivity index (χ3n) is 2.53. The fourth-order valence-electron chi connectivity index (χ4n) is 1.58. The minimum absolute atomic E-state index is 0.366. The second-order valence-corrected chi connectivity index (χ2v) is 4.07. The lowest BCUT2D eigenvalue weighted by Crippen LogP contribution is -2.08. The maximum atomic E-state index is 9.15. The molecule has 3 N–H and O–H groups in total. The maximum Gasteiger partial charge on any atom is 0.144 e. The van der Waals surface area contributed by atoms with Crippen LogP contribution in [0.25, 0.3) is 10.9 Å². The quantitative estimate of drug-likeness (QED) is 0.791. The van der Waals surface area contributed by atoms with Gasteiger partial charge in [0.1, 0.15) is 5.75 Å². The third kappa shape index (κ3) is 2.85. The fraction of sp³-hybridized carbons (Fsp3) is 0.308. The first-order valence-electron chi connectivity index (χ1n) is 5.62. The molecule has 0 aliphatic carbocycles. The van der Waals surface area contributed by atoms with Gasteiger partial charge in [-0.1, -0.05) is 6.07 Å². The average molecular weight is 232 g/mol. The summed E-state index contributed by atoms with van der Waals surface area (Å²) < 4.78 is 5.53. The molecule has 1 unspecified atom stereocenters. The first kappa shape index (κ1) is 11.7. The topological polar surface area (TPSA) is 68.4 Å². The predicted molar refractivity (Wildman–Crippen MR) is 67.9 cm³/mol. The Morgan fingerprint density at radius 2 is 2.29 bits per heavy atom. The monoisotopic (exact) mass is 232 g/mol. The minimum atomic E-state index is -0.366. The van der Waals surface area contributed by atoms with Crippen molar-refractivity contribution >= 4 is 16.6 Å². The summed E-state index contributed by atoms with van der Waals surface area (Å²) in [4.78, 5) is 4.24. The number of anilines is 1. The van der Waals surface area contributed by atoms with Crippen molar-refractivity contribution < 1.29 is 9.84 Å². The number of fused-ring (bicyclic) bond motifs is 1. The lowest BCUT2D eigenvalue weighted by Gasteiger charge is -2.10. The zero-order valence-electron chi connectivity index (χ0n) is 9.76. The normalized spacial score (nSPS) is 12.6. The number of rotatable bonds is 4. The lowest BCUT2D eigenvalue weighted by atomic mass is 10.2. The Morgan fingerprint density at radius 1 is 1.47 bits per heavy atom. The van der Waals surface area contributed by atoms with Gasteiger partial charge in [0.2, 0.25) is 0 Å². The Bertz CT molecular complexity index is 512. The number of nitrogens with zero attached hydrogens (tertiary/aromatic N) is 1. The zero-order valence-corrected chi connectivity index (χ0v) is 9.76. The van der Waals surface area contributed by atoms with E-state index in [4.69, 9.17) is 15.6 Å². The van der Waals surface area contributed by atoms with Crippen molar-refractivity contribution in [2.45, 2.75) is 19.4 Å². The van der Waals surface area contributed by atoms with Gasteiger partial charge < -0.3 is 15.6 Å². The molecule has 2 aromatic rings. The van der Waals surface area contributed by atoms with E-state index < -0.39 is 0 Å². The van der Waals surface area contributed by atoms with Crippen molar-refractivity contribution in [2.75, 3.05) is 12.3 Å². The van der Waals surface area contributed by atoms with Crippen LogP contribution in [0.3, 0.4) is 0 Å². The van der Waals surface area contributed by atoms with Gasteiger partial charge in [-0.15, -0.1) is 0 Å². The molecule has 0 saturated heterocycles. The Morgan fingerprint density at radius 3 is 3.06 bits per heavy atom. The van der Waals surface area contributed by atoms with Gasteiger partial charge in [-0.3, -0.25) is 4.98 Å². The van der Waals surface area contributed by atoms with E-state index in [0.717, 1.165) is 10.9 Å². The van der Waals surface area contributed by atoms with Crippen LogP contribution in [0.4, 0.5) is 5.69 Å². The van der Waals surface area contributed by atoms with Crippen LogP contribution in [-0.2, 0) is 0 Å². The van der Waals surface area contributed by atoms with Gasteiger partial charge in [0, 0.05) is 24.1 Å². The number of nitrogen functional groups attached to an aromatic ring is 1. The molecule has 0 radical (unpaired) electrons. The number of aromatic nitrogens is 1. The highest BCUT2D eigenvalue weighted by molar-refractivity contribution is 5.84. The first-order valence-corrected chi connectivity index (χ1v) is 5.62. The van der Waals surface area contributed by atoms with Gasteiger partial charge >= 0.3 is 0 Å². The standard InChI is InChI=1S/C13H16N2O2/c1-9(16)4-6-17-13-8-12-10(7-11(13)14)3-2-5-15-12/h2-3,5,7-9,16H,4,6,14H2,1H3. The van der Waals surface area contributed by atoms with Crippen molar-refractivity contribution in [1.29, 1.82) is 0 Å². The van der Waals surface area contributed by atoms with Crippen molar-refractivity contribution in [3.05, 3.63) is 30.5 Å². The van der Waals surface area contributed by atoms with E-state index in [1.807, 2.05) is 24.3 Å². The Balaban J connectivity index is 2.19. The molecule has 4 heteroatoms. The second kappa shape index (κ2) is 5.01. The predicted octanol–water partition coefficient (Wildman–Crippen LogP) is 1.97. The molecule has 0 fully saturated rings. The number of hydrogen-bond acceptors (Lipinski definition) is 4. The van der Waals surface area contributed by atoms with Crippen molar-refractivity contribution in [3.8, 4) is 5.75 Å². The average Bonchev–Trinajstić information content (AvgIpc) is 2.29. The number of nitrogens with two attached hydrogens (primary N) is 1. The number of pyridine rings is 1. The Labute approximate surface area is 100 Å². The second-order valence-electron chi connectivity index (χ2n) is 4.07. The molecule has 0 amide bonds. The third-order valence-corrected chi connectivity index (χ3v) is 2.53. The number of aliphatic hydroxyl groups is 1. The smallest absolute Gasteiger partial charge is 0.144 e. The van der Waals surface area contributed by atoms with Crippen LogP contribution in [0.15, 0.2) is 30.5 Å². The number of ether oxygens (including phenoxy) is 1. The summed E-state index contributed by atoms with van der Waals surface area (Å²) in [5.74, 6) is 0.622. The Kier molecular flexibility index (Phi) is 3.44. The van der Waals surface area contributed by atoms with Crippen LogP contribution in [-0.4, -0.2) is 22.8 Å². The largest absolute Gasteiger partial charge is 0.491 e. The highest BCUT2D eigenvalue weighted by Crippen LogP contribution is 2.26. The molecule has 0 saturated carbocycles. The van der Waals surface area contributed by atoms with Crippen LogP contribution >= 0.6 is 0 Å². The SMILES string of the molecule is CC(O)CCOc1cc2ncccc2cc1N. The summed E-state index contributed by atoms with van der Waals surface area (Å²) in [6.07, 6.45) is 1.95. The number of benzene rings is 1. The van der Waals surface area contributed by atoms with Crippen molar-refractivity contribution in [1.82, 2.24) is 4.98 Å². The van der Waals surface area contributed by atoms with Crippen molar-refractivity contribution in [3.63, 3.8) is 0 Å². The van der Waals surface area contributed by atoms with Crippen LogP contribution in [0.2, 0.25) is 0 Å². The molecule has 17 heavy (non-hydrogen) atoms. The van der Waals surface area contributed by atoms with Crippen LogP contribution in [0, 0.1) is 0 Å². The van der Waals surface area contributed by atoms with Gasteiger partial charge in [-0.2, -0.15) is 0 Å². The van der Waals surface area contributed by atoms with Crippen molar-refractivity contribution in [2.24, 2.45) is 0 Å². The molecule has 4 nitrogen and oxygen atoms in total. The summed E-state index contributed by atoms with van der Waals surface area (Å²) in [5.41, 5.74) is 7.34. The van der Waals surface area contributed by atoms with E-state index in [9.17, 15) is 0 Å². The van der Waals surface area contributed by atoms with Crippen LogP contribution in [0.1, 0.15) is 13.3 Å². The Hall–Kier alpha value is -1.81. The van der Waals surface area contributed by atoms with E-state index in [1.54, 1.807) is 13.1 Å². The van der Waals surface area contributed by atoms with Gasteiger partial charge in [-0.05, 0) is 19.1 Å². The summed E-state index contributed by atoms with van der Waals surface area (Å²) >= 11 is 0. The fourth-order valence-corrected chi connectivity index (χ4v) is 1.58. The van der Waals surface area contributed by atoms with Crippen LogP contribution < -0.4 is 10.5 Å². The van der Waals surface area contributed by atoms with E-state index in [-0.39, 0.29) is 6.10 Å². The van der Waals surface area contributed by atoms with Crippen LogP contribution in [0.5, 0.6) is 5.75 Å². The molecule has 0 aliphatic heterocycles. The molecule has 1 atom stereocenters. The molecule has 1 heterocycles. The summed E-state index contributed by atoms with van der Waals surface area (Å²) in [6.45, 7) is 2.18. The molecule has 0 spiro atoms. The highest BCUT2D eigenvalue weighted by atomic mass is 16.5. The summed E-state index contributed by atoms with van der Waals surface area (Å²) in [6, 6.07) is 7.50. The summed E-state index contributed by atoms with van der Waals surface area (Å²) in [5, 5.41) is 10.1. The summed E-state index contributed by atoms with van der Waals surface area (Å²) in [7, 11) is 0.